The Morgan fingerprint density at radius 2 is 1.86 bits per heavy atom. The Morgan fingerprint density at radius 1 is 1.11 bits per heavy atom. The molecule has 6 nitrogen and oxygen atoms in total. The highest BCUT2D eigenvalue weighted by molar-refractivity contribution is 5.94. The smallest absolute Gasteiger partial charge is 0.413 e. The highest BCUT2D eigenvalue weighted by atomic mass is 16.6. The van der Waals surface area contributed by atoms with Crippen LogP contribution in [-0.4, -0.2) is 34.0 Å². The molecule has 0 aliphatic carbocycles. The van der Waals surface area contributed by atoms with Gasteiger partial charge < -0.3 is 9.64 Å². The van der Waals surface area contributed by atoms with Crippen molar-refractivity contribution in [3.63, 3.8) is 0 Å². The van der Waals surface area contributed by atoms with Gasteiger partial charge >= 0.3 is 6.09 Å². The molecule has 1 aliphatic rings. The molecule has 0 radical (unpaired) electrons. The maximum absolute atomic E-state index is 13.1. The van der Waals surface area contributed by atoms with Crippen LogP contribution < -0.4 is 5.32 Å². The summed E-state index contributed by atoms with van der Waals surface area (Å²) in [4.78, 5) is 31.6. The van der Waals surface area contributed by atoms with Gasteiger partial charge in [0.25, 0.3) is 5.91 Å². The lowest BCUT2D eigenvalue weighted by molar-refractivity contribution is 0.0612. The van der Waals surface area contributed by atoms with Crippen molar-refractivity contribution in [2.24, 2.45) is 0 Å². The van der Waals surface area contributed by atoms with Gasteiger partial charge in [-0.15, -0.1) is 0 Å². The van der Waals surface area contributed by atoms with Crippen molar-refractivity contribution in [3.8, 4) is 0 Å². The number of aromatic nitrogens is 1. The van der Waals surface area contributed by atoms with Crippen molar-refractivity contribution < 1.29 is 14.3 Å². The van der Waals surface area contributed by atoms with E-state index in [4.69, 9.17) is 4.74 Å². The molecule has 0 saturated carbocycles. The summed E-state index contributed by atoms with van der Waals surface area (Å²) >= 11 is 0. The summed E-state index contributed by atoms with van der Waals surface area (Å²) in [5.74, 6) is 0.437. The number of amides is 2. The Balaban J connectivity index is 1.86. The molecule has 2 heterocycles. The van der Waals surface area contributed by atoms with Gasteiger partial charge in [0, 0.05) is 23.9 Å². The number of carbonyl (C=O) groups excluding carboxylic acids is 2. The van der Waals surface area contributed by atoms with Gasteiger partial charge in [-0.25, -0.2) is 9.78 Å². The minimum atomic E-state index is -0.598. The molecule has 1 N–H and O–H groups in total. The largest absolute Gasteiger partial charge is 0.444 e. The number of rotatable bonds is 3. The first-order valence-electron chi connectivity index (χ1n) is 9.66. The van der Waals surface area contributed by atoms with Gasteiger partial charge in [0.2, 0.25) is 0 Å². The summed E-state index contributed by atoms with van der Waals surface area (Å²) in [6.07, 6.45) is 3.88. The predicted octanol–water partition coefficient (Wildman–Crippen LogP) is 4.80. The van der Waals surface area contributed by atoms with E-state index in [1.54, 1.807) is 6.20 Å². The lowest BCUT2D eigenvalue weighted by Gasteiger charge is -2.36. The number of anilines is 1. The molecule has 1 saturated heterocycles. The zero-order valence-corrected chi connectivity index (χ0v) is 16.6. The molecule has 0 bridgehead atoms. The third-order valence-corrected chi connectivity index (χ3v) is 4.60. The molecule has 1 fully saturated rings. The average molecular weight is 381 g/mol. The highest BCUT2D eigenvalue weighted by Crippen LogP contribution is 2.35. The summed E-state index contributed by atoms with van der Waals surface area (Å²) in [6, 6.07) is 12.9. The monoisotopic (exact) mass is 381 g/mol. The number of pyridine rings is 1. The van der Waals surface area contributed by atoms with Crippen molar-refractivity contribution in [1.29, 1.82) is 0 Å². The van der Waals surface area contributed by atoms with Crippen LogP contribution in [-0.2, 0) is 4.74 Å². The van der Waals surface area contributed by atoms with Crippen LogP contribution in [0.2, 0.25) is 0 Å². The number of nitrogens with zero attached hydrogens (tertiary/aromatic N) is 2. The van der Waals surface area contributed by atoms with Crippen molar-refractivity contribution >= 4 is 17.8 Å². The summed E-state index contributed by atoms with van der Waals surface area (Å²) in [6.45, 7) is 6.12. The fraction of sp³-hybridized carbons (Fsp3) is 0.409. The number of carbonyl (C=O) groups is 2. The fourth-order valence-corrected chi connectivity index (χ4v) is 3.44. The van der Waals surface area contributed by atoms with Crippen molar-refractivity contribution in [1.82, 2.24) is 9.88 Å². The van der Waals surface area contributed by atoms with Gasteiger partial charge in [-0.05, 0) is 58.2 Å². The molecule has 1 atom stereocenters. The standard InChI is InChI=1S/C22H27N3O3/c1-22(2,3)28-21(27)24-19-17(12-9-14-23-19)18-13-7-8-15-25(18)20(26)16-10-5-4-6-11-16/h4-6,9-12,14,18H,7-8,13,15H2,1-3H3,(H,23,24,27)/t18-/m1/s1. The maximum Gasteiger partial charge on any atom is 0.413 e. The molecule has 2 amide bonds. The van der Waals surface area contributed by atoms with Crippen molar-refractivity contribution in [3.05, 3.63) is 59.8 Å². The minimum absolute atomic E-state index is 0.00243. The molecule has 2 aromatic rings. The molecule has 148 valence electrons. The van der Waals surface area contributed by atoms with Gasteiger partial charge in [-0.2, -0.15) is 0 Å². The molecule has 1 aromatic heterocycles. The van der Waals surface area contributed by atoms with Crippen molar-refractivity contribution in [2.75, 3.05) is 11.9 Å². The lowest BCUT2D eigenvalue weighted by Crippen LogP contribution is -2.39. The molecule has 0 spiro atoms. The summed E-state index contributed by atoms with van der Waals surface area (Å²) in [7, 11) is 0. The zero-order chi connectivity index (χ0) is 20.1. The normalized spacial score (nSPS) is 17.1. The van der Waals surface area contributed by atoms with Gasteiger partial charge in [0.15, 0.2) is 0 Å². The zero-order valence-electron chi connectivity index (χ0n) is 16.6. The average Bonchev–Trinajstić information content (AvgIpc) is 2.67. The van der Waals surface area contributed by atoms with E-state index in [2.05, 4.69) is 10.3 Å². The quantitative estimate of drug-likeness (QED) is 0.829. The number of ether oxygens (including phenoxy) is 1. The topological polar surface area (TPSA) is 71.5 Å². The van der Waals surface area contributed by atoms with Crippen LogP contribution in [0.15, 0.2) is 48.7 Å². The molecule has 3 rings (SSSR count). The number of piperidine rings is 1. The molecule has 28 heavy (non-hydrogen) atoms. The van der Waals surface area contributed by atoms with E-state index in [0.717, 1.165) is 24.8 Å². The van der Waals surface area contributed by atoms with E-state index in [0.29, 0.717) is 17.9 Å². The van der Waals surface area contributed by atoms with Gasteiger partial charge in [-0.3, -0.25) is 10.1 Å². The minimum Gasteiger partial charge on any atom is -0.444 e. The van der Waals surface area contributed by atoms with Crippen LogP contribution in [0.4, 0.5) is 10.6 Å². The number of likely N-dealkylation sites (tertiary alicyclic amines) is 1. The molecule has 0 unspecified atom stereocenters. The van der Waals surface area contributed by atoms with Crippen molar-refractivity contribution in [2.45, 2.75) is 51.7 Å². The van der Waals surface area contributed by atoms with Crippen LogP contribution in [0.25, 0.3) is 0 Å². The molecular formula is C22H27N3O3. The van der Waals surface area contributed by atoms with E-state index in [1.165, 1.54) is 0 Å². The third kappa shape index (κ3) is 4.88. The third-order valence-electron chi connectivity index (χ3n) is 4.60. The number of hydrogen-bond donors (Lipinski definition) is 1. The maximum atomic E-state index is 13.1. The fourth-order valence-electron chi connectivity index (χ4n) is 3.44. The lowest BCUT2D eigenvalue weighted by atomic mass is 9.94. The van der Waals surface area contributed by atoms with Gasteiger partial charge in [0.1, 0.15) is 11.4 Å². The van der Waals surface area contributed by atoms with Gasteiger partial charge in [0.05, 0.1) is 6.04 Å². The SMILES string of the molecule is CC(C)(C)OC(=O)Nc1ncccc1[C@H]1CCCCN1C(=O)c1ccccc1. The van der Waals surface area contributed by atoms with Crippen LogP contribution in [0.3, 0.4) is 0 Å². The molecule has 1 aromatic carbocycles. The van der Waals surface area contributed by atoms with Crippen LogP contribution in [0.1, 0.15) is 62.0 Å². The molecule has 1 aliphatic heterocycles. The number of nitrogens with one attached hydrogen (secondary N) is 1. The van der Waals surface area contributed by atoms with Gasteiger partial charge in [-0.1, -0.05) is 24.3 Å². The molecule has 6 heteroatoms. The summed E-state index contributed by atoms with van der Waals surface area (Å²) < 4.78 is 5.36. The number of hydrogen-bond acceptors (Lipinski definition) is 4. The summed E-state index contributed by atoms with van der Waals surface area (Å²) in [5.41, 5.74) is 0.899. The van der Waals surface area contributed by atoms with E-state index >= 15 is 0 Å². The Kier molecular flexibility index (Phi) is 5.97. The summed E-state index contributed by atoms with van der Waals surface area (Å²) in [5, 5.41) is 2.75. The second kappa shape index (κ2) is 8.42. The molecular weight excluding hydrogens is 354 g/mol. The van der Waals surface area contributed by atoms with Crippen LogP contribution in [0, 0.1) is 0 Å². The Hall–Kier alpha value is -2.89. The van der Waals surface area contributed by atoms with Crippen LogP contribution >= 0.6 is 0 Å². The van der Waals surface area contributed by atoms with E-state index in [9.17, 15) is 9.59 Å². The second-order valence-electron chi connectivity index (χ2n) is 7.94. The highest BCUT2D eigenvalue weighted by Gasteiger charge is 2.31. The Bertz CT molecular complexity index is 830. The van der Waals surface area contributed by atoms with E-state index < -0.39 is 11.7 Å². The second-order valence-corrected chi connectivity index (χ2v) is 7.94. The predicted molar refractivity (Wildman–Crippen MR) is 108 cm³/mol. The van der Waals surface area contributed by atoms with E-state index in [1.807, 2.05) is 68.1 Å². The Morgan fingerprint density at radius 3 is 2.57 bits per heavy atom. The van der Waals surface area contributed by atoms with Crippen LogP contribution in [0.5, 0.6) is 0 Å². The first kappa shape index (κ1) is 19.9. The first-order valence-corrected chi connectivity index (χ1v) is 9.66. The Labute approximate surface area is 165 Å². The van der Waals surface area contributed by atoms with E-state index in [-0.39, 0.29) is 11.9 Å². The number of benzene rings is 1. The first-order chi connectivity index (χ1) is 13.3.